The molecule has 2 rings (SSSR count). The Hall–Kier alpha value is -2.21. The van der Waals surface area contributed by atoms with Gasteiger partial charge < -0.3 is 10.1 Å². The quantitative estimate of drug-likeness (QED) is 0.583. The Kier molecular flexibility index (Phi) is 5.72. The molecule has 1 aromatic carbocycles. The fourth-order valence-corrected chi connectivity index (χ4v) is 2.65. The highest BCUT2D eigenvalue weighted by atomic mass is 16.5. The minimum atomic E-state index is -0.836. The second kappa shape index (κ2) is 7.57. The molecule has 130 valence electrons. The molecule has 0 radical (unpaired) electrons. The Morgan fingerprint density at radius 2 is 1.75 bits per heavy atom. The van der Waals surface area contributed by atoms with Crippen LogP contribution >= 0.6 is 0 Å². The number of fused-ring (bicyclic) bond motifs is 1. The molecule has 0 atom stereocenters. The maximum absolute atomic E-state index is 12.5. The van der Waals surface area contributed by atoms with Gasteiger partial charge in [-0.1, -0.05) is 25.5 Å². The molecule has 1 aliphatic rings. The average Bonchev–Trinajstić information content (AvgIpc) is 2.80. The third-order valence-corrected chi connectivity index (χ3v) is 3.94. The van der Waals surface area contributed by atoms with Crippen molar-refractivity contribution in [1.29, 1.82) is 0 Å². The smallest absolute Gasteiger partial charge is 0.262 e. The van der Waals surface area contributed by atoms with Crippen molar-refractivity contribution < 1.29 is 19.1 Å². The third kappa shape index (κ3) is 3.82. The molecular formula is C18H24N2O4. The van der Waals surface area contributed by atoms with Gasteiger partial charge in [0.05, 0.1) is 23.3 Å². The number of hydrogen-bond acceptors (Lipinski definition) is 4. The first-order chi connectivity index (χ1) is 11.4. The van der Waals surface area contributed by atoms with Crippen molar-refractivity contribution in [3.05, 3.63) is 35.4 Å². The number of amides is 3. The Labute approximate surface area is 142 Å². The number of nitrogens with one attached hydrogen (secondary N) is 1. The van der Waals surface area contributed by atoms with Gasteiger partial charge >= 0.3 is 0 Å². The second-order valence-electron chi connectivity index (χ2n) is 6.50. The molecule has 0 spiro atoms. The number of carbonyl (C=O) groups excluding carboxylic acids is 3. The van der Waals surface area contributed by atoms with Gasteiger partial charge in [0.1, 0.15) is 6.61 Å². The lowest BCUT2D eigenvalue weighted by molar-refractivity contribution is -0.126. The van der Waals surface area contributed by atoms with Gasteiger partial charge in [-0.15, -0.1) is 0 Å². The van der Waals surface area contributed by atoms with Crippen molar-refractivity contribution in [2.45, 2.75) is 39.2 Å². The van der Waals surface area contributed by atoms with E-state index in [1.54, 1.807) is 38.1 Å². The Bertz CT molecular complexity index is 605. The number of rotatable bonds is 8. The van der Waals surface area contributed by atoms with E-state index in [1.807, 2.05) is 6.92 Å². The summed E-state index contributed by atoms with van der Waals surface area (Å²) in [5.41, 5.74) is -0.0163. The molecular weight excluding hydrogens is 308 g/mol. The zero-order chi connectivity index (χ0) is 17.7. The largest absolute Gasteiger partial charge is 0.369 e. The van der Waals surface area contributed by atoms with Gasteiger partial charge in [-0.2, -0.15) is 0 Å². The first-order valence-electron chi connectivity index (χ1n) is 8.21. The second-order valence-corrected chi connectivity index (χ2v) is 6.50. The monoisotopic (exact) mass is 332 g/mol. The van der Waals surface area contributed by atoms with E-state index < -0.39 is 5.54 Å². The number of nitrogens with zero attached hydrogens (tertiary/aromatic N) is 1. The van der Waals surface area contributed by atoms with Crippen LogP contribution in [0.1, 0.15) is 54.3 Å². The molecule has 6 heteroatoms. The fourth-order valence-electron chi connectivity index (χ4n) is 2.65. The van der Waals surface area contributed by atoms with Crippen molar-refractivity contribution in [3.63, 3.8) is 0 Å². The molecule has 1 heterocycles. The highest BCUT2D eigenvalue weighted by Crippen LogP contribution is 2.29. The molecule has 0 aromatic heterocycles. The molecule has 1 aromatic rings. The van der Waals surface area contributed by atoms with Crippen molar-refractivity contribution >= 4 is 17.7 Å². The Morgan fingerprint density at radius 1 is 1.17 bits per heavy atom. The summed E-state index contributed by atoms with van der Waals surface area (Å²) in [5.74, 6) is -0.838. The van der Waals surface area contributed by atoms with Crippen molar-refractivity contribution in [3.8, 4) is 0 Å². The van der Waals surface area contributed by atoms with E-state index in [2.05, 4.69) is 5.32 Å². The number of ether oxygens (including phenoxy) is 1. The molecule has 0 saturated heterocycles. The number of hydrogen-bond donors (Lipinski definition) is 1. The van der Waals surface area contributed by atoms with E-state index in [0.29, 0.717) is 17.7 Å². The van der Waals surface area contributed by atoms with E-state index in [0.717, 1.165) is 12.8 Å². The summed E-state index contributed by atoms with van der Waals surface area (Å²) in [7, 11) is 0. The van der Waals surface area contributed by atoms with E-state index >= 15 is 0 Å². The maximum Gasteiger partial charge on any atom is 0.262 e. The summed E-state index contributed by atoms with van der Waals surface area (Å²) in [4.78, 5) is 37.9. The minimum absolute atomic E-state index is 0.0870. The van der Waals surface area contributed by atoms with Crippen LogP contribution in [-0.4, -0.2) is 47.9 Å². The third-order valence-electron chi connectivity index (χ3n) is 3.94. The average molecular weight is 332 g/mol. The first kappa shape index (κ1) is 18.1. The summed E-state index contributed by atoms with van der Waals surface area (Å²) in [5, 5.41) is 2.76. The molecule has 24 heavy (non-hydrogen) atoms. The van der Waals surface area contributed by atoms with Gasteiger partial charge in [-0.25, -0.2) is 0 Å². The molecule has 6 nitrogen and oxygen atoms in total. The zero-order valence-electron chi connectivity index (χ0n) is 14.4. The van der Waals surface area contributed by atoms with Crippen molar-refractivity contribution in [2.75, 3.05) is 19.8 Å². The number of unbranched alkanes of at least 4 members (excludes halogenated alkanes) is 1. The highest BCUT2D eigenvalue weighted by molar-refractivity contribution is 6.21. The summed E-state index contributed by atoms with van der Waals surface area (Å²) in [6.45, 7) is 6.19. The number of imide groups is 1. The van der Waals surface area contributed by atoms with Gasteiger partial charge in [-0.05, 0) is 32.4 Å². The summed E-state index contributed by atoms with van der Waals surface area (Å²) in [6, 6.07) is 6.76. The molecule has 3 amide bonds. The van der Waals surface area contributed by atoms with E-state index in [1.165, 1.54) is 4.90 Å². The summed E-state index contributed by atoms with van der Waals surface area (Å²) < 4.78 is 5.44. The van der Waals surface area contributed by atoms with Crippen molar-refractivity contribution in [2.24, 2.45) is 0 Å². The first-order valence-corrected chi connectivity index (χ1v) is 8.21. The van der Waals surface area contributed by atoms with Crippen LogP contribution in [0.3, 0.4) is 0 Å². The lowest BCUT2D eigenvalue weighted by atomic mass is 10.0. The standard InChI is InChI=1S/C18H24N2O4/c1-4-5-10-19-15(21)11-24-12-18(2,3)20-16(22)13-8-6-7-9-14(13)17(20)23/h6-9H,4-5,10-12H2,1-3H3,(H,19,21). The molecule has 0 bridgehead atoms. The topological polar surface area (TPSA) is 75.7 Å². The Balaban J connectivity index is 1.93. The normalized spacial score (nSPS) is 14.0. The molecule has 0 unspecified atom stereocenters. The van der Waals surface area contributed by atoms with Gasteiger partial charge in [0.25, 0.3) is 11.8 Å². The SMILES string of the molecule is CCCCNC(=O)COCC(C)(C)N1C(=O)c2ccccc2C1=O. The van der Waals surface area contributed by atoms with Crippen LogP contribution in [0.4, 0.5) is 0 Å². The molecule has 1 N–H and O–H groups in total. The molecule has 0 saturated carbocycles. The number of carbonyl (C=O) groups is 3. The van der Waals surface area contributed by atoms with Crippen LogP contribution in [0.2, 0.25) is 0 Å². The van der Waals surface area contributed by atoms with Gasteiger partial charge in [-0.3, -0.25) is 19.3 Å². The van der Waals surface area contributed by atoms with Crippen LogP contribution in [0, 0.1) is 0 Å². The van der Waals surface area contributed by atoms with Crippen LogP contribution in [0.25, 0.3) is 0 Å². The van der Waals surface area contributed by atoms with Crippen LogP contribution < -0.4 is 5.32 Å². The fraction of sp³-hybridized carbons (Fsp3) is 0.500. The zero-order valence-corrected chi connectivity index (χ0v) is 14.4. The summed E-state index contributed by atoms with van der Waals surface area (Å²) in [6.07, 6.45) is 1.93. The predicted octanol–water partition coefficient (Wildman–Crippen LogP) is 1.99. The maximum atomic E-state index is 12.5. The van der Waals surface area contributed by atoms with E-state index in [9.17, 15) is 14.4 Å². The van der Waals surface area contributed by atoms with Gasteiger partial charge in [0.2, 0.25) is 5.91 Å². The lowest BCUT2D eigenvalue weighted by Crippen LogP contribution is -2.51. The summed E-state index contributed by atoms with van der Waals surface area (Å²) >= 11 is 0. The Morgan fingerprint density at radius 3 is 2.29 bits per heavy atom. The lowest BCUT2D eigenvalue weighted by Gasteiger charge is -2.33. The van der Waals surface area contributed by atoms with Gasteiger partial charge in [0.15, 0.2) is 0 Å². The van der Waals surface area contributed by atoms with Crippen LogP contribution in [-0.2, 0) is 9.53 Å². The minimum Gasteiger partial charge on any atom is -0.369 e. The van der Waals surface area contributed by atoms with Gasteiger partial charge in [0, 0.05) is 6.54 Å². The molecule has 0 aliphatic carbocycles. The van der Waals surface area contributed by atoms with Crippen molar-refractivity contribution in [1.82, 2.24) is 10.2 Å². The predicted molar refractivity (Wildman–Crippen MR) is 89.8 cm³/mol. The highest BCUT2D eigenvalue weighted by Gasteiger charge is 2.44. The van der Waals surface area contributed by atoms with E-state index in [4.69, 9.17) is 4.74 Å². The molecule has 1 aliphatic heterocycles. The van der Waals surface area contributed by atoms with E-state index in [-0.39, 0.29) is 30.9 Å². The molecule has 0 fully saturated rings. The van der Waals surface area contributed by atoms with Crippen LogP contribution in [0.15, 0.2) is 24.3 Å². The van der Waals surface area contributed by atoms with Crippen LogP contribution in [0.5, 0.6) is 0 Å². The number of benzene rings is 1.